The number of carbonyl (C=O) groups excluding carboxylic acids is 2. The second kappa shape index (κ2) is 13.3. The van der Waals surface area contributed by atoms with Gasteiger partial charge in [0.2, 0.25) is 0 Å². The van der Waals surface area contributed by atoms with Crippen molar-refractivity contribution in [3.8, 4) is 5.69 Å². The molecule has 10 heteroatoms. The van der Waals surface area contributed by atoms with Gasteiger partial charge in [-0.3, -0.25) is 4.79 Å². The molecule has 2 N–H and O–H groups in total. The zero-order chi connectivity index (χ0) is 29.8. The lowest BCUT2D eigenvalue weighted by molar-refractivity contribution is 0.0932. The molecule has 3 aromatic rings. The van der Waals surface area contributed by atoms with Gasteiger partial charge in [-0.15, -0.1) is 0 Å². The lowest BCUT2D eigenvalue weighted by atomic mass is 9.81. The maximum Gasteiger partial charge on any atom is 0.317 e. The third kappa shape index (κ3) is 6.65. The van der Waals surface area contributed by atoms with Crippen molar-refractivity contribution in [3.05, 3.63) is 80.8 Å². The Bertz CT molecular complexity index is 1480. The highest BCUT2D eigenvalue weighted by atomic mass is 35.5. The molecule has 2 aromatic carbocycles. The van der Waals surface area contributed by atoms with Crippen molar-refractivity contribution in [2.24, 2.45) is 11.8 Å². The first-order valence-corrected chi connectivity index (χ1v) is 15.4. The highest BCUT2D eigenvalue weighted by molar-refractivity contribution is 6.35. The lowest BCUT2D eigenvalue weighted by Crippen LogP contribution is -2.43. The van der Waals surface area contributed by atoms with E-state index >= 15 is 0 Å². The van der Waals surface area contributed by atoms with Crippen LogP contribution in [-0.2, 0) is 6.54 Å². The minimum Gasteiger partial charge on any atom is -0.350 e. The van der Waals surface area contributed by atoms with Crippen molar-refractivity contribution in [2.75, 3.05) is 19.6 Å². The average Bonchev–Trinajstić information content (AvgIpc) is 3.37. The van der Waals surface area contributed by atoms with Crippen molar-refractivity contribution in [1.29, 1.82) is 0 Å². The summed E-state index contributed by atoms with van der Waals surface area (Å²) in [5, 5.41) is 11.6. The first kappa shape index (κ1) is 30.1. The molecule has 7 nitrogen and oxygen atoms in total. The first-order chi connectivity index (χ1) is 20.2. The molecule has 3 amide bonds. The number of nitrogens with one attached hydrogen (secondary N) is 2. The molecule has 1 aliphatic heterocycles. The molecule has 1 aliphatic carbocycles. The van der Waals surface area contributed by atoms with Crippen LogP contribution < -0.4 is 10.6 Å². The van der Waals surface area contributed by atoms with Gasteiger partial charge in [0.05, 0.1) is 22.9 Å². The molecule has 1 fully saturated rings. The van der Waals surface area contributed by atoms with Gasteiger partial charge in [-0.05, 0) is 66.3 Å². The Morgan fingerprint density at radius 3 is 2.50 bits per heavy atom. The number of halogens is 3. The maximum atomic E-state index is 13.8. The fourth-order valence-electron chi connectivity index (χ4n) is 5.96. The van der Waals surface area contributed by atoms with Crippen molar-refractivity contribution in [1.82, 2.24) is 25.3 Å². The number of nitrogens with zero attached hydrogens (tertiary/aromatic N) is 3. The Hall–Kier alpha value is -3.36. The van der Waals surface area contributed by atoms with E-state index in [0.717, 1.165) is 11.1 Å². The molecule has 0 spiro atoms. The number of rotatable bonds is 7. The largest absolute Gasteiger partial charge is 0.350 e. The molecule has 42 heavy (non-hydrogen) atoms. The van der Waals surface area contributed by atoms with Crippen molar-refractivity contribution in [2.45, 2.75) is 52.5 Å². The van der Waals surface area contributed by atoms with E-state index in [4.69, 9.17) is 28.3 Å². The molecule has 222 valence electrons. The normalized spacial score (nSPS) is 17.2. The Kier molecular flexibility index (Phi) is 9.53. The maximum absolute atomic E-state index is 13.8. The summed E-state index contributed by atoms with van der Waals surface area (Å²) in [5.41, 5.74) is 3.58. The second-order valence-electron chi connectivity index (χ2n) is 11.2. The van der Waals surface area contributed by atoms with Crippen LogP contribution in [0.4, 0.5) is 9.18 Å². The summed E-state index contributed by atoms with van der Waals surface area (Å²) >= 11 is 12.8. The van der Waals surface area contributed by atoms with Gasteiger partial charge in [0.1, 0.15) is 5.82 Å². The Morgan fingerprint density at radius 1 is 1.07 bits per heavy atom. The van der Waals surface area contributed by atoms with Crippen LogP contribution >= 0.6 is 23.2 Å². The monoisotopic (exact) mass is 611 g/mol. The minimum atomic E-state index is -0.343. The number of hydrogen-bond donors (Lipinski definition) is 2. The van der Waals surface area contributed by atoms with Crippen LogP contribution in [0.1, 0.15) is 73.3 Å². The van der Waals surface area contributed by atoms with Crippen molar-refractivity contribution >= 4 is 46.8 Å². The number of fused-ring (bicyclic) bond motifs is 1. The van der Waals surface area contributed by atoms with Crippen molar-refractivity contribution in [3.63, 3.8) is 0 Å². The van der Waals surface area contributed by atoms with E-state index in [1.165, 1.54) is 44.2 Å². The van der Waals surface area contributed by atoms with Crippen molar-refractivity contribution < 1.29 is 14.0 Å². The zero-order valence-corrected chi connectivity index (χ0v) is 25.4. The Balaban J connectivity index is 1.59. The summed E-state index contributed by atoms with van der Waals surface area (Å²) in [5.74, 6) is 0.303. The number of carbonyl (C=O) groups is 2. The molecule has 5 rings (SSSR count). The van der Waals surface area contributed by atoms with Crippen LogP contribution in [0.2, 0.25) is 10.0 Å². The molecule has 0 radical (unpaired) electrons. The number of amides is 3. The highest BCUT2D eigenvalue weighted by Gasteiger charge is 2.34. The number of benzene rings is 2. The van der Waals surface area contributed by atoms with Gasteiger partial charge in [-0.2, -0.15) is 5.10 Å². The third-order valence-electron chi connectivity index (χ3n) is 8.22. The SMILES string of the molecule is CCNC(=O)N1C/C(=C\c2ccc(F)cc2)c2c(c(C(=O)NC[C@H](C)C3CCCCC3)nn2-c2ccc(Cl)cc2Cl)C1. The van der Waals surface area contributed by atoms with E-state index in [9.17, 15) is 14.0 Å². The van der Waals surface area contributed by atoms with E-state index in [2.05, 4.69) is 17.6 Å². The van der Waals surface area contributed by atoms with Gasteiger partial charge in [0.15, 0.2) is 5.69 Å². The third-order valence-corrected chi connectivity index (χ3v) is 8.75. The van der Waals surface area contributed by atoms with Crippen LogP contribution in [0.25, 0.3) is 17.3 Å². The average molecular weight is 613 g/mol. The van der Waals surface area contributed by atoms with E-state index < -0.39 is 0 Å². The summed E-state index contributed by atoms with van der Waals surface area (Å²) in [6.07, 6.45) is 8.02. The second-order valence-corrected chi connectivity index (χ2v) is 12.0. The quantitative estimate of drug-likeness (QED) is 0.293. The molecular formula is C32H36Cl2FN5O2. The molecule has 1 aromatic heterocycles. The fourth-order valence-corrected chi connectivity index (χ4v) is 6.44. The lowest BCUT2D eigenvalue weighted by Gasteiger charge is -2.30. The predicted octanol–water partition coefficient (Wildman–Crippen LogP) is 7.35. The fraction of sp³-hybridized carbons (Fsp3) is 0.406. The summed E-state index contributed by atoms with van der Waals surface area (Å²) in [7, 11) is 0. The summed E-state index contributed by atoms with van der Waals surface area (Å²) < 4.78 is 15.4. The molecule has 1 atom stereocenters. The molecule has 1 saturated carbocycles. The summed E-state index contributed by atoms with van der Waals surface area (Å²) in [6, 6.07) is 11.0. The number of urea groups is 1. The van der Waals surface area contributed by atoms with Crippen LogP contribution in [-0.4, -0.2) is 46.3 Å². The summed E-state index contributed by atoms with van der Waals surface area (Å²) in [6.45, 7) is 5.50. The predicted molar refractivity (Wildman–Crippen MR) is 165 cm³/mol. The molecule has 0 unspecified atom stereocenters. The first-order valence-electron chi connectivity index (χ1n) is 14.6. The van der Waals surface area contributed by atoms with Gasteiger partial charge in [-0.25, -0.2) is 13.9 Å². The zero-order valence-electron chi connectivity index (χ0n) is 23.9. The van der Waals surface area contributed by atoms with Gasteiger partial charge < -0.3 is 15.5 Å². The Morgan fingerprint density at radius 2 is 1.81 bits per heavy atom. The molecular weight excluding hydrogens is 576 g/mol. The molecule has 2 heterocycles. The highest BCUT2D eigenvalue weighted by Crippen LogP contribution is 2.36. The van der Waals surface area contributed by atoms with Crippen LogP contribution in [0.15, 0.2) is 42.5 Å². The molecule has 2 aliphatic rings. The van der Waals surface area contributed by atoms with E-state index in [-0.39, 0.29) is 36.5 Å². The van der Waals surface area contributed by atoms with E-state index in [1.54, 1.807) is 39.9 Å². The number of hydrogen-bond acceptors (Lipinski definition) is 3. The standard InChI is InChI=1S/C32H36Cl2FN5O2/c1-3-36-32(42)39-18-23(15-21-9-12-25(35)13-10-21)30-26(19-39)29(38-40(30)28-14-11-24(33)16-27(28)34)31(41)37-17-20(2)22-7-5-4-6-8-22/h9-16,20,22H,3-8,17-19H2,1-2H3,(H,36,42)(H,37,41)/b23-15+/t20-/m0/s1. The van der Waals surface area contributed by atoms with Gasteiger partial charge in [-0.1, -0.05) is 74.4 Å². The van der Waals surface area contributed by atoms with Crippen LogP contribution in [0.5, 0.6) is 0 Å². The van der Waals surface area contributed by atoms with Gasteiger partial charge >= 0.3 is 6.03 Å². The van der Waals surface area contributed by atoms with Gasteiger partial charge in [0, 0.05) is 30.2 Å². The smallest absolute Gasteiger partial charge is 0.317 e. The van der Waals surface area contributed by atoms with E-state index in [0.29, 0.717) is 51.9 Å². The van der Waals surface area contributed by atoms with E-state index in [1.807, 2.05) is 13.0 Å². The number of aromatic nitrogens is 2. The minimum absolute atomic E-state index is 0.189. The van der Waals surface area contributed by atoms with Crippen LogP contribution in [0, 0.1) is 17.7 Å². The summed E-state index contributed by atoms with van der Waals surface area (Å²) in [4.78, 5) is 28.5. The molecule has 0 saturated heterocycles. The molecule has 0 bridgehead atoms. The Labute approximate surface area is 256 Å². The van der Waals surface area contributed by atoms with Crippen LogP contribution in [0.3, 0.4) is 0 Å². The van der Waals surface area contributed by atoms with Gasteiger partial charge in [0.25, 0.3) is 5.91 Å². The topological polar surface area (TPSA) is 79.3 Å².